The van der Waals surface area contributed by atoms with Gasteiger partial charge in [-0.05, 0) is 63.7 Å². The minimum atomic E-state index is 0.0707. The Morgan fingerprint density at radius 3 is 2.69 bits per heavy atom. The fraction of sp³-hybridized carbons (Fsp3) is 0.321. The van der Waals surface area contributed by atoms with Gasteiger partial charge in [0.2, 0.25) is 0 Å². The maximum absolute atomic E-state index is 13.2. The van der Waals surface area contributed by atoms with E-state index in [2.05, 4.69) is 47.4 Å². The number of aromatic nitrogens is 2. The van der Waals surface area contributed by atoms with Crippen LogP contribution in [0, 0.1) is 18.8 Å². The molecule has 0 aliphatic carbocycles. The van der Waals surface area contributed by atoms with Crippen molar-refractivity contribution < 1.29 is 4.79 Å². The van der Waals surface area contributed by atoms with Crippen molar-refractivity contribution in [3.05, 3.63) is 83.1 Å². The van der Waals surface area contributed by atoms with Gasteiger partial charge in [-0.15, -0.1) is 0 Å². The number of allylic oxidation sites excluding steroid dienone is 3. The maximum Gasteiger partial charge on any atom is 0.254 e. The molecule has 1 aromatic carbocycles. The standard InChI is InChI=1S/C28H34N6O/c1-6-26-25(11-9-21(16-29)8-7-20(3)30)27(32-18-31-26)22-10-12-24(19(2)15-22)28(35)34-14-13-23(17-34)33(4)5/h7-8,10,12,15-16,18,23H,3,6,13-14,17,29-30H2,1-2,4-5H3/b8-7-,21-16+. The zero-order valence-corrected chi connectivity index (χ0v) is 21.0. The van der Waals surface area contributed by atoms with Crippen LogP contribution in [0.2, 0.25) is 0 Å². The number of carbonyl (C=O) groups excluding carboxylic acids is 1. The molecule has 2 aromatic rings. The van der Waals surface area contributed by atoms with E-state index in [0.29, 0.717) is 29.3 Å². The average Bonchev–Trinajstić information content (AvgIpc) is 3.34. The number of hydrogen-bond acceptors (Lipinski definition) is 6. The summed E-state index contributed by atoms with van der Waals surface area (Å²) >= 11 is 0. The summed E-state index contributed by atoms with van der Waals surface area (Å²) in [4.78, 5) is 26.3. The van der Waals surface area contributed by atoms with Crippen molar-refractivity contribution in [3.63, 3.8) is 0 Å². The first kappa shape index (κ1) is 25.7. The largest absolute Gasteiger partial charge is 0.404 e. The summed E-state index contributed by atoms with van der Waals surface area (Å²) < 4.78 is 0. The summed E-state index contributed by atoms with van der Waals surface area (Å²) in [7, 11) is 4.12. The van der Waals surface area contributed by atoms with Gasteiger partial charge in [0.1, 0.15) is 6.33 Å². The number of benzene rings is 1. The highest BCUT2D eigenvalue weighted by Crippen LogP contribution is 2.26. The van der Waals surface area contributed by atoms with Gasteiger partial charge in [-0.2, -0.15) is 0 Å². The van der Waals surface area contributed by atoms with Crippen LogP contribution in [0.25, 0.3) is 11.3 Å². The van der Waals surface area contributed by atoms with Crippen molar-refractivity contribution in [1.29, 1.82) is 0 Å². The molecule has 1 amide bonds. The highest BCUT2D eigenvalue weighted by atomic mass is 16.2. The molecule has 1 aliphatic rings. The number of amides is 1. The predicted octanol–water partition coefficient (Wildman–Crippen LogP) is 3.01. The molecule has 1 atom stereocenters. The molecule has 1 fully saturated rings. The van der Waals surface area contributed by atoms with E-state index >= 15 is 0 Å². The summed E-state index contributed by atoms with van der Waals surface area (Å²) in [6.45, 7) is 9.17. The molecular weight excluding hydrogens is 436 g/mol. The molecule has 182 valence electrons. The predicted molar refractivity (Wildman–Crippen MR) is 141 cm³/mol. The van der Waals surface area contributed by atoms with Gasteiger partial charge in [-0.3, -0.25) is 4.79 Å². The number of nitrogens with zero attached hydrogens (tertiary/aromatic N) is 4. The Kier molecular flexibility index (Phi) is 8.45. The number of hydrogen-bond donors (Lipinski definition) is 2. The summed E-state index contributed by atoms with van der Waals surface area (Å²) in [5.41, 5.74) is 17.2. The average molecular weight is 471 g/mol. The molecule has 0 radical (unpaired) electrons. The van der Waals surface area contributed by atoms with Crippen LogP contribution in [0.5, 0.6) is 0 Å². The Morgan fingerprint density at radius 1 is 1.31 bits per heavy atom. The lowest BCUT2D eigenvalue weighted by molar-refractivity contribution is 0.0782. The van der Waals surface area contributed by atoms with Gasteiger partial charge in [0.25, 0.3) is 5.91 Å². The second-order valence-electron chi connectivity index (χ2n) is 8.86. The Morgan fingerprint density at radius 2 is 2.09 bits per heavy atom. The van der Waals surface area contributed by atoms with E-state index in [1.165, 1.54) is 6.20 Å². The zero-order valence-electron chi connectivity index (χ0n) is 21.0. The van der Waals surface area contributed by atoms with Crippen molar-refractivity contribution >= 4 is 5.91 Å². The van der Waals surface area contributed by atoms with Gasteiger partial charge >= 0.3 is 0 Å². The van der Waals surface area contributed by atoms with Crippen LogP contribution in [0.15, 0.2) is 60.7 Å². The van der Waals surface area contributed by atoms with E-state index in [1.54, 1.807) is 18.5 Å². The SMILES string of the molecule is C=C(N)/C=C\C(C#Cc1c(CC)ncnc1-c1ccc(C(=O)N2CCC(N(C)C)C2)c(C)c1)=C/N. The third kappa shape index (κ3) is 6.17. The van der Waals surface area contributed by atoms with Crippen LogP contribution in [0.3, 0.4) is 0 Å². The molecule has 7 heteroatoms. The third-order valence-electron chi connectivity index (χ3n) is 6.16. The Balaban J connectivity index is 1.95. The minimum Gasteiger partial charge on any atom is -0.404 e. The Bertz CT molecular complexity index is 1230. The lowest BCUT2D eigenvalue weighted by atomic mass is 9.98. The second kappa shape index (κ2) is 11.5. The summed E-state index contributed by atoms with van der Waals surface area (Å²) in [5, 5.41) is 0. The summed E-state index contributed by atoms with van der Waals surface area (Å²) in [6.07, 6.45) is 8.04. The lowest BCUT2D eigenvalue weighted by Crippen LogP contribution is -2.34. The molecule has 2 heterocycles. The van der Waals surface area contributed by atoms with Crippen LogP contribution in [0.1, 0.15) is 40.5 Å². The van der Waals surface area contributed by atoms with Crippen molar-refractivity contribution in [2.45, 2.75) is 32.7 Å². The van der Waals surface area contributed by atoms with Gasteiger partial charge in [-0.1, -0.05) is 31.4 Å². The van der Waals surface area contributed by atoms with Gasteiger partial charge in [0.15, 0.2) is 0 Å². The third-order valence-corrected chi connectivity index (χ3v) is 6.16. The Hall–Kier alpha value is -3.89. The Labute approximate surface area is 208 Å². The molecule has 3 rings (SSSR count). The monoisotopic (exact) mass is 470 g/mol. The van der Waals surface area contributed by atoms with Crippen LogP contribution >= 0.6 is 0 Å². The first-order valence-electron chi connectivity index (χ1n) is 11.7. The second-order valence-corrected chi connectivity index (χ2v) is 8.86. The molecule has 0 saturated carbocycles. The van der Waals surface area contributed by atoms with Crippen LogP contribution in [-0.2, 0) is 6.42 Å². The molecule has 1 aromatic heterocycles. The lowest BCUT2D eigenvalue weighted by Gasteiger charge is -2.21. The first-order chi connectivity index (χ1) is 16.7. The molecule has 35 heavy (non-hydrogen) atoms. The molecule has 1 aliphatic heterocycles. The number of nitrogens with two attached hydrogens (primary N) is 2. The summed E-state index contributed by atoms with van der Waals surface area (Å²) in [6, 6.07) is 6.22. The summed E-state index contributed by atoms with van der Waals surface area (Å²) in [5.74, 6) is 6.35. The zero-order chi connectivity index (χ0) is 25.5. The molecular formula is C28H34N6O. The van der Waals surface area contributed by atoms with Crippen molar-refractivity contribution in [2.75, 3.05) is 27.2 Å². The maximum atomic E-state index is 13.2. The molecule has 1 unspecified atom stereocenters. The van der Waals surface area contributed by atoms with Crippen molar-refractivity contribution in [3.8, 4) is 23.1 Å². The molecule has 1 saturated heterocycles. The first-order valence-corrected chi connectivity index (χ1v) is 11.7. The molecule has 0 spiro atoms. The van der Waals surface area contributed by atoms with E-state index < -0.39 is 0 Å². The fourth-order valence-electron chi connectivity index (χ4n) is 4.08. The van der Waals surface area contributed by atoms with E-state index in [0.717, 1.165) is 47.6 Å². The number of likely N-dealkylation sites (tertiary alicyclic amines) is 1. The quantitative estimate of drug-likeness (QED) is 0.497. The van der Waals surface area contributed by atoms with Crippen molar-refractivity contribution in [1.82, 2.24) is 19.8 Å². The number of carbonyl (C=O) groups is 1. The smallest absolute Gasteiger partial charge is 0.254 e. The topological polar surface area (TPSA) is 101 Å². The molecule has 0 bridgehead atoms. The van der Waals surface area contributed by atoms with E-state index in [-0.39, 0.29) is 5.91 Å². The molecule has 7 nitrogen and oxygen atoms in total. The van der Waals surface area contributed by atoms with Crippen LogP contribution < -0.4 is 11.5 Å². The van der Waals surface area contributed by atoms with Crippen LogP contribution in [0.4, 0.5) is 0 Å². The van der Waals surface area contributed by atoms with Crippen LogP contribution in [-0.4, -0.2) is 58.9 Å². The van der Waals surface area contributed by atoms with E-state index in [1.807, 2.05) is 36.9 Å². The molecule has 4 N–H and O–H groups in total. The normalized spacial score (nSPS) is 16.0. The fourth-order valence-corrected chi connectivity index (χ4v) is 4.08. The van der Waals surface area contributed by atoms with Gasteiger partial charge in [0.05, 0.1) is 17.0 Å². The van der Waals surface area contributed by atoms with Gasteiger partial charge in [-0.25, -0.2) is 9.97 Å². The van der Waals surface area contributed by atoms with Gasteiger partial charge in [0, 0.05) is 47.7 Å². The van der Waals surface area contributed by atoms with E-state index in [9.17, 15) is 4.79 Å². The number of likely N-dealkylation sites (N-methyl/N-ethyl adjacent to an activating group) is 1. The highest BCUT2D eigenvalue weighted by Gasteiger charge is 2.28. The van der Waals surface area contributed by atoms with Crippen molar-refractivity contribution in [2.24, 2.45) is 11.5 Å². The number of aryl methyl sites for hydroxylation is 2. The van der Waals surface area contributed by atoms with Gasteiger partial charge < -0.3 is 21.3 Å². The van der Waals surface area contributed by atoms with E-state index in [4.69, 9.17) is 11.5 Å². The highest BCUT2D eigenvalue weighted by molar-refractivity contribution is 5.96. The minimum absolute atomic E-state index is 0.0707. The number of rotatable bonds is 6.